The minimum absolute atomic E-state index is 0.0659. The Labute approximate surface area is 150 Å². The quantitative estimate of drug-likeness (QED) is 0.620. The van der Waals surface area contributed by atoms with Crippen molar-refractivity contribution >= 4 is 33.2 Å². The highest BCUT2D eigenvalue weighted by molar-refractivity contribution is 9.10. The van der Waals surface area contributed by atoms with Gasteiger partial charge >= 0.3 is 0 Å². The number of nitrogens with zero attached hydrogens (tertiary/aromatic N) is 2. The first-order valence-corrected chi connectivity index (χ1v) is 8.95. The van der Waals surface area contributed by atoms with E-state index in [1.165, 1.54) is 6.07 Å². The summed E-state index contributed by atoms with van der Waals surface area (Å²) in [7, 11) is 0. The first kappa shape index (κ1) is 18.7. The first-order chi connectivity index (χ1) is 11.2. The molecule has 0 aliphatic carbocycles. The molecule has 6 nitrogen and oxygen atoms in total. The number of anilines is 1. The van der Waals surface area contributed by atoms with Crippen LogP contribution in [0.4, 0.5) is 11.4 Å². The number of carbonyl (C=O) groups is 1. The molecule has 1 heterocycles. The fraction of sp³-hybridized carbons (Fsp3) is 0.588. The maximum Gasteiger partial charge on any atom is 0.270 e. The SMILES string of the molecule is CC(C)(C)C(=O)NCC1CCCN(c2ccc([N+](=O)[O-])cc2Br)C1. The average Bonchev–Trinajstić information content (AvgIpc) is 2.51. The average molecular weight is 398 g/mol. The topological polar surface area (TPSA) is 75.5 Å². The van der Waals surface area contributed by atoms with Gasteiger partial charge in [0, 0.05) is 41.7 Å². The summed E-state index contributed by atoms with van der Waals surface area (Å²) in [6, 6.07) is 4.86. The molecule has 1 aromatic carbocycles. The number of nitro benzene ring substituents is 1. The lowest BCUT2D eigenvalue weighted by atomic mass is 9.94. The Kier molecular flexibility index (Phi) is 5.85. The van der Waals surface area contributed by atoms with E-state index in [2.05, 4.69) is 26.1 Å². The van der Waals surface area contributed by atoms with E-state index in [0.29, 0.717) is 12.5 Å². The van der Waals surface area contributed by atoms with Crippen LogP contribution in [0.15, 0.2) is 22.7 Å². The molecule has 1 saturated heterocycles. The largest absolute Gasteiger partial charge is 0.370 e. The zero-order valence-electron chi connectivity index (χ0n) is 14.3. The molecule has 0 aromatic heterocycles. The highest BCUT2D eigenvalue weighted by Crippen LogP contribution is 2.32. The van der Waals surface area contributed by atoms with Crippen LogP contribution in [0.3, 0.4) is 0 Å². The Morgan fingerprint density at radius 2 is 2.17 bits per heavy atom. The Morgan fingerprint density at radius 1 is 1.46 bits per heavy atom. The third-order valence-corrected chi connectivity index (χ3v) is 4.87. The Hall–Kier alpha value is -1.63. The van der Waals surface area contributed by atoms with E-state index in [4.69, 9.17) is 0 Å². The van der Waals surface area contributed by atoms with Crippen LogP contribution in [0.25, 0.3) is 0 Å². The van der Waals surface area contributed by atoms with Gasteiger partial charge in [0.15, 0.2) is 0 Å². The third kappa shape index (κ3) is 4.69. The van der Waals surface area contributed by atoms with E-state index in [-0.39, 0.29) is 17.0 Å². The van der Waals surface area contributed by atoms with Gasteiger partial charge in [0.2, 0.25) is 5.91 Å². The lowest BCUT2D eigenvalue weighted by Gasteiger charge is -2.35. The van der Waals surface area contributed by atoms with Gasteiger partial charge in [-0.3, -0.25) is 14.9 Å². The molecule has 1 amide bonds. The van der Waals surface area contributed by atoms with Gasteiger partial charge in [-0.25, -0.2) is 0 Å². The van der Waals surface area contributed by atoms with Crippen LogP contribution in [-0.4, -0.2) is 30.5 Å². The standard InChI is InChI=1S/C17H24BrN3O3/c1-17(2,3)16(22)19-10-12-5-4-8-20(11-12)15-7-6-13(21(23)24)9-14(15)18/h6-7,9,12H,4-5,8,10-11H2,1-3H3,(H,19,22). The van der Waals surface area contributed by atoms with Crippen molar-refractivity contribution in [2.75, 3.05) is 24.5 Å². The predicted molar refractivity (Wildman–Crippen MR) is 98.2 cm³/mol. The molecular weight excluding hydrogens is 374 g/mol. The van der Waals surface area contributed by atoms with Crippen LogP contribution in [-0.2, 0) is 4.79 Å². The third-order valence-electron chi connectivity index (χ3n) is 4.23. The van der Waals surface area contributed by atoms with Gasteiger partial charge < -0.3 is 10.2 Å². The number of nitrogens with one attached hydrogen (secondary N) is 1. The summed E-state index contributed by atoms with van der Waals surface area (Å²) in [5.74, 6) is 0.447. The Morgan fingerprint density at radius 3 is 2.75 bits per heavy atom. The molecule has 2 rings (SSSR count). The fourth-order valence-corrected chi connectivity index (χ4v) is 3.44. The molecule has 1 N–H and O–H groups in total. The molecule has 0 bridgehead atoms. The smallest absolute Gasteiger partial charge is 0.270 e. The monoisotopic (exact) mass is 397 g/mol. The minimum atomic E-state index is -0.393. The molecule has 1 aliphatic rings. The van der Waals surface area contributed by atoms with E-state index >= 15 is 0 Å². The van der Waals surface area contributed by atoms with Crippen molar-refractivity contribution in [1.82, 2.24) is 5.32 Å². The zero-order chi connectivity index (χ0) is 17.9. The lowest BCUT2D eigenvalue weighted by Crippen LogP contribution is -2.43. The molecule has 1 fully saturated rings. The van der Waals surface area contributed by atoms with Crippen molar-refractivity contribution in [3.8, 4) is 0 Å². The molecule has 24 heavy (non-hydrogen) atoms. The van der Waals surface area contributed by atoms with Gasteiger partial charge in [-0.05, 0) is 40.8 Å². The van der Waals surface area contributed by atoms with Crippen LogP contribution in [0.2, 0.25) is 0 Å². The normalized spacial score (nSPS) is 18.3. The molecule has 1 aromatic rings. The van der Waals surface area contributed by atoms with Crippen molar-refractivity contribution in [2.24, 2.45) is 11.3 Å². The number of halogens is 1. The highest BCUT2D eigenvalue weighted by Gasteiger charge is 2.25. The van der Waals surface area contributed by atoms with Gasteiger partial charge in [0.1, 0.15) is 0 Å². The van der Waals surface area contributed by atoms with Crippen LogP contribution in [0.1, 0.15) is 33.6 Å². The molecule has 0 saturated carbocycles. The molecular formula is C17H24BrN3O3. The maximum absolute atomic E-state index is 12.0. The predicted octanol–water partition coefficient (Wildman–Crippen LogP) is 3.74. The summed E-state index contributed by atoms with van der Waals surface area (Å²) in [6.45, 7) is 8.13. The molecule has 7 heteroatoms. The summed E-state index contributed by atoms with van der Waals surface area (Å²) >= 11 is 3.44. The number of amides is 1. The van der Waals surface area contributed by atoms with E-state index in [9.17, 15) is 14.9 Å². The van der Waals surface area contributed by atoms with E-state index < -0.39 is 4.92 Å². The van der Waals surface area contributed by atoms with Crippen LogP contribution in [0, 0.1) is 21.4 Å². The van der Waals surface area contributed by atoms with Crippen molar-refractivity contribution < 1.29 is 9.72 Å². The second-order valence-electron chi connectivity index (χ2n) is 7.31. The van der Waals surface area contributed by atoms with Gasteiger partial charge in [0.25, 0.3) is 5.69 Å². The first-order valence-electron chi connectivity index (χ1n) is 8.15. The van der Waals surface area contributed by atoms with Gasteiger partial charge in [-0.15, -0.1) is 0 Å². The summed E-state index contributed by atoms with van der Waals surface area (Å²) < 4.78 is 0.732. The number of non-ortho nitro benzene ring substituents is 1. The molecule has 132 valence electrons. The number of benzene rings is 1. The molecule has 0 spiro atoms. The number of hydrogen-bond acceptors (Lipinski definition) is 4. The highest BCUT2D eigenvalue weighted by atomic mass is 79.9. The molecule has 1 unspecified atom stereocenters. The number of nitro groups is 1. The fourth-order valence-electron chi connectivity index (χ4n) is 2.82. The van der Waals surface area contributed by atoms with E-state index in [0.717, 1.165) is 36.1 Å². The molecule has 1 atom stereocenters. The summed E-state index contributed by atoms with van der Waals surface area (Å²) in [6.07, 6.45) is 2.12. The van der Waals surface area contributed by atoms with E-state index in [1.807, 2.05) is 20.8 Å². The number of rotatable bonds is 4. The van der Waals surface area contributed by atoms with Crippen LogP contribution < -0.4 is 10.2 Å². The molecule has 1 aliphatic heterocycles. The maximum atomic E-state index is 12.0. The van der Waals surface area contributed by atoms with Crippen molar-refractivity contribution in [2.45, 2.75) is 33.6 Å². The number of carbonyl (C=O) groups excluding carboxylic acids is 1. The van der Waals surface area contributed by atoms with Gasteiger partial charge in [-0.2, -0.15) is 0 Å². The lowest BCUT2D eigenvalue weighted by molar-refractivity contribution is -0.384. The number of piperidine rings is 1. The summed E-state index contributed by atoms with van der Waals surface area (Å²) in [5.41, 5.74) is 0.666. The van der Waals surface area contributed by atoms with Gasteiger partial charge in [0.05, 0.1) is 10.6 Å². The summed E-state index contributed by atoms with van der Waals surface area (Å²) in [5, 5.41) is 13.9. The summed E-state index contributed by atoms with van der Waals surface area (Å²) in [4.78, 5) is 24.7. The van der Waals surface area contributed by atoms with Crippen molar-refractivity contribution in [3.63, 3.8) is 0 Å². The van der Waals surface area contributed by atoms with Gasteiger partial charge in [-0.1, -0.05) is 20.8 Å². The number of hydrogen-bond donors (Lipinski definition) is 1. The second-order valence-corrected chi connectivity index (χ2v) is 8.16. The zero-order valence-corrected chi connectivity index (χ0v) is 15.9. The van der Waals surface area contributed by atoms with E-state index in [1.54, 1.807) is 12.1 Å². The van der Waals surface area contributed by atoms with Crippen molar-refractivity contribution in [3.05, 3.63) is 32.8 Å². The Balaban J connectivity index is 2.00. The minimum Gasteiger partial charge on any atom is -0.370 e. The molecule has 0 radical (unpaired) electrons. The second kappa shape index (κ2) is 7.51. The van der Waals surface area contributed by atoms with Crippen LogP contribution in [0.5, 0.6) is 0 Å². The van der Waals surface area contributed by atoms with Crippen molar-refractivity contribution in [1.29, 1.82) is 0 Å². The Bertz CT molecular complexity index is 628. The van der Waals surface area contributed by atoms with Crippen LogP contribution >= 0.6 is 15.9 Å².